The van der Waals surface area contributed by atoms with E-state index in [-0.39, 0.29) is 17.6 Å². The van der Waals surface area contributed by atoms with Crippen LogP contribution in [-0.4, -0.2) is 70.4 Å². The van der Waals surface area contributed by atoms with Crippen molar-refractivity contribution in [1.82, 2.24) is 9.88 Å². The lowest BCUT2D eigenvalue weighted by Gasteiger charge is -2.36. The molecule has 2 amide bonds. The van der Waals surface area contributed by atoms with Gasteiger partial charge in [-0.2, -0.15) is 26.3 Å². The Morgan fingerprint density at radius 1 is 1.24 bits per heavy atom. The zero-order valence-corrected chi connectivity index (χ0v) is 19.7. The quantitative estimate of drug-likeness (QED) is 0.297. The molecule has 1 aromatic rings. The van der Waals surface area contributed by atoms with Gasteiger partial charge in [-0.15, -0.1) is 11.8 Å². The highest BCUT2D eigenvalue weighted by Gasteiger charge is 2.58. The van der Waals surface area contributed by atoms with Crippen molar-refractivity contribution in [3.05, 3.63) is 6.20 Å². The summed E-state index contributed by atoms with van der Waals surface area (Å²) in [6.45, 7) is 0.622. The lowest BCUT2D eigenvalue weighted by atomic mass is 9.86. The van der Waals surface area contributed by atoms with E-state index in [9.17, 15) is 35.9 Å². The molecule has 0 aromatic carbocycles. The molecule has 34 heavy (non-hydrogen) atoms. The first kappa shape index (κ1) is 28.5. The van der Waals surface area contributed by atoms with Crippen LogP contribution in [0.2, 0.25) is 0 Å². The summed E-state index contributed by atoms with van der Waals surface area (Å²) in [5.74, 6) is -0.251. The van der Waals surface area contributed by atoms with E-state index >= 15 is 0 Å². The summed E-state index contributed by atoms with van der Waals surface area (Å²) in [6.07, 6.45) is -11.1. The van der Waals surface area contributed by atoms with Crippen LogP contribution in [0, 0.1) is 5.92 Å². The van der Waals surface area contributed by atoms with Crippen molar-refractivity contribution in [2.45, 2.75) is 67.7 Å². The molecule has 2 N–H and O–H groups in total. The second kappa shape index (κ2) is 12.3. The number of nitrogens with zero attached hydrogens (tertiary/aromatic N) is 2. The third kappa shape index (κ3) is 9.13. The number of urea groups is 1. The molecular formula is C19H25F6N3O4S2. The maximum Gasteiger partial charge on any atom is 0.423 e. The molecule has 7 nitrogen and oxygen atoms in total. The van der Waals surface area contributed by atoms with Crippen molar-refractivity contribution in [3.8, 4) is 0 Å². The zero-order valence-electron chi connectivity index (χ0n) is 18.1. The Morgan fingerprint density at radius 3 is 2.41 bits per heavy atom. The number of halogens is 6. The van der Waals surface area contributed by atoms with E-state index in [1.165, 1.54) is 22.9 Å². The Bertz CT molecular complexity index is 799. The van der Waals surface area contributed by atoms with Crippen LogP contribution in [0.15, 0.2) is 10.4 Å². The van der Waals surface area contributed by atoms with Gasteiger partial charge in [0.1, 0.15) is 0 Å². The molecule has 0 aliphatic heterocycles. The molecule has 0 spiro atoms. The molecule has 1 saturated carbocycles. The highest BCUT2D eigenvalue weighted by Crippen LogP contribution is 2.36. The molecular weight excluding hydrogens is 512 g/mol. The largest absolute Gasteiger partial charge is 0.481 e. The van der Waals surface area contributed by atoms with Crippen LogP contribution < -0.4 is 5.32 Å². The molecule has 0 unspecified atom stereocenters. The van der Waals surface area contributed by atoms with Gasteiger partial charge in [0.05, 0.1) is 23.4 Å². The number of hydrogen-bond acceptors (Lipinski definition) is 6. The Hall–Kier alpha value is -1.74. The second-order valence-electron chi connectivity index (χ2n) is 7.85. The Morgan fingerprint density at radius 2 is 1.85 bits per heavy atom. The predicted molar refractivity (Wildman–Crippen MR) is 114 cm³/mol. The van der Waals surface area contributed by atoms with E-state index in [1.54, 1.807) is 0 Å². The van der Waals surface area contributed by atoms with Gasteiger partial charge in [-0.25, -0.2) is 9.78 Å². The number of carboxylic acid groups (broad SMARTS) is 1. The van der Waals surface area contributed by atoms with Crippen LogP contribution in [0.4, 0.5) is 36.3 Å². The fourth-order valence-electron chi connectivity index (χ4n) is 3.43. The van der Waals surface area contributed by atoms with Crippen molar-refractivity contribution in [3.63, 3.8) is 0 Å². The van der Waals surface area contributed by atoms with Gasteiger partial charge in [-0.1, -0.05) is 18.3 Å². The molecule has 2 rings (SSSR count). The van der Waals surface area contributed by atoms with Gasteiger partial charge in [-0.3, -0.25) is 10.1 Å². The first-order chi connectivity index (χ1) is 15.8. The third-order valence-electron chi connectivity index (χ3n) is 5.16. The Kier molecular flexibility index (Phi) is 10.3. The lowest BCUT2D eigenvalue weighted by molar-refractivity contribution is -0.321. The van der Waals surface area contributed by atoms with E-state index < -0.39 is 43.6 Å². The number of aliphatic carboxylic acids is 1. The topological polar surface area (TPSA) is 91.8 Å². The third-order valence-corrected chi connectivity index (χ3v) is 7.27. The molecule has 1 aliphatic carbocycles. The predicted octanol–water partition coefficient (Wildman–Crippen LogP) is 5.63. The minimum atomic E-state index is -5.62. The van der Waals surface area contributed by atoms with E-state index in [4.69, 9.17) is 5.11 Å². The van der Waals surface area contributed by atoms with E-state index in [0.717, 1.165) is 24.2 Å². The minimum absolute atomic E-state index is 0.0605. The molecule has 0 saturated heterocycles. The Labute approximate surface area is 200 Å². The summed E-state index contributed by atoms with van der Waals surface area (Å²) in [4.78, 5) is 28.7. The monoisotopic (exact) mass is 537 g/mol. The van der Waals surface area contributed by atoms with Gasteiger partial charge in [0.25, 0.3) is 0 Å². The van der Waals surface area contributed by atoms with E-state index in [0.29, 0.717) is 28.7 Å². The number of aromatic nitrogens is 1. The summed E-state index contributed by atoms with van der Waals surface area (Å²) >= 11 is 2.32. The molecule has 0 radical (unpaired) electrons. The summed E-state index contributed by atoms with van der Waals surface area (Å²) < 4.78 is 81.2. The number of thiazole rings is 1. The average molecular weight is 538 g/mol. The fraction of sp³-hybridized carbons (Fsp3) is 0.737. The van der Waals surface area contributed by atoms with Gasteiger partial charge in [0.2, 0.25) is 6.10 Å². The number of anilines is 1. The summed E-state index contributed by atoms with van der Waals surface area (Å²) in [5, 5.41) is 11.4. The average Bonchev–Trinajstić information content (AvgIpc) is 3.13. The normalized spacial score (nSPS) is 19.3. The zero-order chi connectivity index (χ0) is 25.5. The highest BCUT2D eigenvalue weighted by atomic mass is 32.2. The van der Waals surface area contributed by atoms with Crippen LogP contribution in [-0.2, 0) is 9.53 Å². The first-order valence-electron chi connectivity index (χ1n) is 10.4. The standard InChI is InChI=1S/C19H25F6N3O4S2/c1-11-2-4-12(5-3-11)28(7-8-32-15(18(20,21)22)19(23,24)25)17(31)27-16-26-10-14(34-16)33-9-6-13(29)30/h10-12,15H,2-9H2,1H3,(H,29,30)(H,26,27,31)/t11-,12-. The van der Waals surface area contributed by atoms with Crippen LogP contribution in [0.3, 0.4) is 0 Å². The number of nitrogens with one attached hydrogen (secondary N) is 1. The number of hydrogen-bond donors (Lipinski definition) is 2. The van der Waals surface area contributed by atoms with Crippen molar-refractivity contribution in [1.29, 1.82) is 0 Å². The smallest absolute Gasteiger partial charge is 0.423 e. The summed E-state index contributed by atoms with van der Waals surface area (Å²) in [5.41, 5.74) is 0. The second-order valence-corrected chi connectivity index (χ2v) is 10.3. The number of rotatable bonds is 10. The van der Waals surface area contributed by atoms with Crippen LogP contribution >= 0.6 is 23.1 Å². The number of alkyl halides is 6. The van der Waals surface area contributed by atoms with Crippen LogP contribution in [0.1, 0.15) is 39.0 Å². The summed E-state index contributed by atoms with van der Waals surface area (Å²) in [7, 11) is 0. The van der Waals surface area contributed by atoms with Gasteiger partial charge in [0, 0.05) is 18.3 Å². The molecule has 1 aliphatic rings. The van der Waals surface area contributed by atoms with Gasteiger partial charge >= 0.3 is 24.4 Å². The van der Waals surface area contributed by atoms with E-state index in [1.807, 2.05) is 6.92 Å². The highest BCUT2D eigenvalue weighted by molar-refractivity contribution is 8.01. The number of amides is 2. The van der Waals surface area contributed by atoms with Gasteiger partial charge in [0.15, 0.2) is 5.13 Å². The van der Waals surface area contributed by atoms with Crippen molar-refractivity contribution < 1.29 is 45.8 Å². The van der Waals surface area contributed by atoms with Crippen molar-refractivity contribution in [2.24, 2.45) is 5.92 Å². The first-order valence-corrected chi connectivity index (χ1v) is 12.2. The number of carboxylic acids is 1. The van der Waals surface area contributed by atoms with Crippen LogP contribution in [0.5, 0.6) is 0 Å². The minimum Gasteiger partial charge on any atom is -0.481 e. The SMILES string of the molecule is C[C@H]1CC[C@H](N(CCOC(C(F)(F)F)C(F)(F)F)C(=O)Nc2ncc(SCCC(=O)O)s2)CC1. The molecule has 15 heteroatoms. The maximum absolute atomic E-state index is 12.9. The van der Waals surface area contributed by atoms with Crippen molar-refractivity contribution >= 4 is 40.2 Å². The molecule has 0 atom stereocenters. The van der Waals surface area contributed by atoms with Gasteiger partial charge in [-0.05, 0) is 31.6 Å². The molecule has 1 heterocycles. The summed E-state index contributed by atoms with van der Waals surface area (Å²) in [6, 6.07) is -1.06. The van der Waals surface area contributed by atoms with Gasteiger partial charge < -0.3 is 14.7 Å². The molecule has 0 bridgehead atoms. The van der Waals surface area contributed by atoms with Crippen molar-refractivity contribution in [2.75, 3.05) is 24.2 Å². The number of thioether (sulfide) groups is 1. The molecule has 1 fully saturated rings. The number of carbonyl (C=O) groups is 2. The lowest BCUT2D eigenvalue weighted by Crippen LogP contribution is -2.49. The van der Waals surface area contributed by atoms with Crippen LogP contribution in [0.25, 0.3) is 0 Å². The Balaban J connectivity index is 2.03. The number of carbonyl (C=O) groups excluding carboxylic acids is 1. The number of ether oxygens (including phenoxy) is 1. The molecule has 194 valence electrons. The van der Waals surface area contributed by atoms with E-state index in [2.05, 4.69) is 15.0 Å². The molecule has 1 aromatic heterocycles. The fourth-order valence-corrected chi connectivity index (χ4v) is 5.30. The maximum atomic E-state index is 12.9.